The van der Waals surface area contributed by atoms with Crippen LogP contribution in [0.2, 0.25) is 0 Å². The fourth-order valence-electron chi connectivity index (χ4n) is 3.21. The Balaban J connectivity index is 1.66. The Bertz CT molecular complexity index is 595. The van der Waals surface area contributed by atoms with Gasteiger partial charge >= 0.3 is 0 Å². The van der Waals surface area contributed by atoms with E-state index in [0.29, 0.717) is 45.3 Å². The largest absolute Gasteiger partial charge is 0.379 e. The van der Waals surface area contributed by atoms with Gasteiger partial charge in [-0.15, -0.1) is 0 Å². The second-order valence-electron chi connectivity index (χ2n) is 6.12. The van der Waals surface area contributed by atoms with E-state index in [9.17, 15) is 8.42 Å². The van der Waals surface area contributed by atoms with E-state index in [1.165, 1.54) is 0 Å². The van der Waals surface area contributed by atoms with Gasteiger partial charge in [-0.3, -0.25) is 5.10 Å². The summed E-state index contributed by atoms with van der Waals surface area (Å²) in [5, 5.41) is 7.07. The quantitative estimate of drug-likeness (QED) is 0.875. The zero-order valence-electron chi connectivity index (χ0n) is 13.0. The minimum atomic E-state index is -3.35. The number of aryl methyl sites for hydroxylation is 1. The number of piperidine rings is 1. The molecule has 22 heavy (non-hydrogen) atoms. The lowest BCUT2D eigenvalue weighted by atomic mass is 9.94. The van der Waals surface area contributed by atoms with Crippen LogP contribution in [0.5, 0.6) is 0 Å². The molecule has 124 valence electrons. The number of hydrogen-bond donors (Lipinski definition) is 1. The van der Waals surface area contributed by atoms with Gasteiger partial charge in [-0.25, -0.2) is 0 Å². The zero-order valence-corrected chi connectivity index (χ0v) is 13.8. The molecule has 2 fully saturated rings. The molecular weight excluding hydrogens is 304 g/mol. The molecule has 1 aromatic rings. The Morgan fingerprint density at radius 3 is 2.77 bits per heavy atom. The first-order valence-electron chi connectivity index (χ1n) is 7.89. The predicted molar refractivity (Wildman–Crippen MR) is 82.6 cm³/mol. The molecule has 8 heteroatoms. The molecule has 0 saturated carbocycles. The maximum Gasteiger partial charge on any atom is 0.282 e. The smallest absolute Gasteiger partial charge is 0.282 e. The number of ether oxygens (including phenoxy) is 1. The van der Waals surface area contributed by atoms with Crippen molar-refractivity contribution in [2.75, 3.05) is 39.4 Å². The molecule has 1 atom stereocenters. The van der Waals surface area contributed by atoms with E-state index in [0.717, 1.165) is 30.5 Å². The van der Waals surface area contributed by atoms with Crippen LogP contribution in [0.1, 0.15) is 24.1 Å². The number of morpholine rings is 1. The molecular formula is C14H24N4O3S. The highest BCUT2D eigenvalue weighted by Crippen LogP contribution is 2.24. The second kappa shape index (κ2) is 6.66. The second-order valence-corrected chi connectivity index (χ2v) is 8.05. The minimum Gasteiger partial charge on any atom is -0.379 e. The van der Waals surface area contributed by atoms with Crippen molar-refractivity contribution < 1.29 is 13.2 Å². The van der Waals surface area contributed by atoms with E-state index in [1.807, 2.05) is 13.1 Å². The summed E-state index contributed by atoms with van der Waals surface area (Å²) in [7, 11) is -3.35. The first-order chi connectivity index (χ1) is 10.6. The summed E-state index contributed by atoms with van der Waals surface area (Å²) in [4.78, 5) is 0. The number of hydrogen-bond acceptors (Lipinski definition) is 4. The first kappa shape index (κ1) is 15.9. The third-order valence-electron chi connectivity index (χ3n) is 4.53. The van der Waals surface area contributed by atoms with Crippen LogP contribution in [0, 0.1) is 12.8 Å². The van der Waals surface area contributed by atoms with E-state index in [2.05, 4.69) is 10.2 Å². The molecule has 2 aliphatic heterocycles. The summed E-state index contributed by atoms with van der Waals surface area (Å²) >= 11 is 0. The minimum absolute atomic E-state index is 0.351. The Morgan fingerprint density at radius 2 is 2.09 bits per heavy atom. The third-order valence-corrected chi connectivity index (χ3v) is 6.53. The van der Waals surface area contributed by atoms with E-state index in [-0.39, 0.29) is 0 Å². The number of aromatic nitrogens is 2. The highest BCUT2D eigenvalue weighted by atomic mass is 32.2. The fraction of sp³-hybridized carbons (Fsp3) is 0.786. The van der Waals surface area contributed by atoms with Crippen molar-refractivity contribution >= 4 is 10.2 Å². The van der Waals surface area contributed by atoms with E-state index in [4.69, 9.17) is 4.74 Å². The molecule has 0 amide bonds. The van der Waals surface area contributed by atoms with Gasteiger partial charge < -0.3 is 4.74 Å². The maximum absolute atomic E-state index is 12.7. The molecule has 1 aromatic heterocycles. The Kier molecular flexibility index (Phi) is 4.82. The van der Waals surface area contributed by atoms with Crippen molar-refractivity contribution in [2.24, 2.45) is 5.92 Å². The van der Waals surface area contributed by atoms with Crippen LogP contribution in [-0.2, 0) is 21.4 Å². The van der Waals surface area contributed by atoms with E-state index >= 15 is 0 Å². The van der Waals surface area contributed by atoms with Gasteiger partial charge in [-0.1, -0.05) is 0 Å². The molecule has 0 spiro atoms. The van der Waals surface area contributed by atoms with E-state index < -0.39 is 10.2 Å². The molecule has 7 nitrogen and oxygen atoms in total. The monoisotopic (exact) mass is 328 g/mol. The van der Waals surface area contributed by atoms with Gasteiger partial charge in [0, 0.05) is 31.9 Å². The lowest BCUT2D eigenvalue weighted by Gasteiger charge is -2.36. The van der Waals surface area contributed by atoms with Crippen LogP contribution >= 0.6 is 0 Å². The third kappa shape index (κ3) is 3.34. The molecule has 3 rings (SSSR count). The van der Waals surface area contributed by atoms with Gasteiger partial charge in [-0.2, -0.15) is 22.1 Å². The SMILES string of the molecule is Cc1cn[nH]c1CC1CCCN(S(=O)(=O)N2CCOCC2)C1. The molecule has 2 saturated heterocycles. The normalized spacial score (nSPS) is 25.4. The van der Waals surface area contributed by atoms with Crippen LogP contribution in [0.15, 0.2) is 6.20 Å². The molecule has 0 radical (unpaired) electrons. The average molecular weight is 328 g/mol. The van der Waals surface area contributed by atoms with E-state index in [1.54, 1.807) is 8.61 Å². The standard InChI is InChI=1S/C14H24N4O3S/c1-12-10-15-16-14(12)9-13-3-2-4-18(11-13)22(19,20)17-5-7-21-8-6-17/h10,13H,2-9,11H2,1H3,(H,15,16). The highest BCUT2D eigenvalue weighted by Gasteiger charge is 2.34. The number of nitrogens with zero attached hydrogens (tertiary/aromatic N) is 3. The average Bonchev–Trinajstić information content (AvgIpc) is 2.94. The van der Waals surface area contributed by atoms with Crippen molar-refractivity contribution in [1.29, 1.82) is 0 Å². The number of rotatable bonds is 4. The Hall–Kier alpha value is -0.960. The molecule has 2 aliphatic rings. The van der Waals surface area contributed by atoms with Crippen molar-refractivity contribution in [2.45, 2.75) is 26.2 Å². The van der Waals surface area contributed by atoms with Crippen molar-refractivity contribution in [1.82, 2.24) is 18.8 Å². The number of nitrogens with one attached hydrogen (secondary N) is 1. The van der Waals surface area contributed by atoms with Crippen LogP contribution in [0.4, 0.5) is 0 Å². The molecule has 0 aromatic carbocycles. The summed E-state index contributed by atoms with van der Waals surface area (Å²) in [5.74, 6) is 0.351. The number of aromatic amines is 1. The summed E-state index contributed by atoms with van der Waals surface area (Å²) in [6.45, 7) is 5.15. The highest BCUT2D eigenvalue weighted by molar-refractivity contribution is 7.86. The topological polar surface area (TPSA) is 78.5 Å². The van der Waals surface area contributed by atoms with Crippen LogP contribution in [0.3, 0.4) is 0 Å². The van der Waals surface area contributed by atoms with Crippen LogP contribution in [0.25, 0.3) is 0 Å². The predicted octanol–water partition coefficient (Wildman–Crippen LogP) is 0.550. The van der Waals surface area contributed by atoms with Gasteiger partial charge in [0.1, 0.15) is 0 Å². The van der Waals surface area contributed by atoms with Gasteiger partial charge in [-0.05, 0) is 37.7 Å². The maximum atomic E-state index is 12.7. The zero-order chi connectivity index (χ0) is 15.6. The lowest BCUT2D eigenvalue weighted by Crippen LogP contribution is -2.51. The Labute approximate surface area is 131 Å². The summed E-state index contributed by atoms with van der Waals surface area (Å²) in [6.07, 6.45) is 4.66. The van der Waals surface area contributed by atoms with Gasteiger partial charge in [0.05, 0.1) is 19.4 Å². The number of H-pyrrole nitrogens is 1. The molecule has 0 bridgehead atoms. The first-order valence-corrected chi connectivity index (χ1v) is 9.29. The van der Waals surface area contributed by atoms with Crippen molar-refractivity contribution in [3.8, 4) is 0 Å². The Morgan fingerprint density at radius 1 is 1.32 bits per heavy atom. The molecule has 3 heterocycles. The van der Waals surface area contributed by atoms with Gasteiger partial charge in [0.15, 0.2) is 0 Å². The summed E-state index contributed by atoms with van der Waals surface area (Å²) in [6, 6.07) is 0. The van der Waals surface area contributed by atoms with Crippen molar-refractivity contribution in [3.05, 3.63) is 17.5 Å². The molecule has 1 N–H and O–H groups in total. The van der Waals surface area contributed by atoms with Gasteiger partial charge in [0.2, 0.25) is 0 Å². The van der Waals surface area contributed by atoms with Crippen molar-refractivity contribution in [3.63, 3.8) is 0 Å². The molecule has 0 aliphatic carbocycles. The summed E-state index contributed by atoms with van der Waals surface area (Å²) in [5.41, 5.74) is 2.27. The summed E-state index contributed by atoms with van der Waals surface area (Å²) < 4.78 is 33.9. The van der Waals surface area contributed by atoms with Gasteiger partial charge in [0.25, 0.3) is 10.2 Å². The van der Waals surface area contributed by atoms with Crippen LogP contribution < -0.4 is 0 Å². The molecule has 1 unspecified atom stereocenters. The fourth-order valence-corrected chi connectivity index (χ4v) is 4.91. The lowest BCUT2D eigenvalue weighted by molar-refractivity contribution is 0.0691. The van der Waals surface area contributed by atoms with Crippen LogP contribution in [-0.4, -0.2) is 66.6 Å².